The summed E-state index contributed by atoms with van der Waals surface area (Å²) in [5, 5.41) is 23.6. The molecule has 0 radical (unpaired) electrons. The van der Waals surface area contributed by atoms with Gasteiger partial charge in [0.1, 0.15) is 5.60 Å². The summed E-state index contributed by atoms with van der Waals surface area (Å²) in [6.07, 6.45) is 1.30. The number of halogens is 1. The molecule has 2 atom stereocenters. The third-order valence-electron chi connectivity index (χ3n) is 3.70. The van der Waals surface area contributed by atoms with Gasteiger partial charge in [0.25, 0.3) is 0 Å². The molecular weight excluding hydrogens is 451 g/mol. The van der Waals surface area contributed by atoms with E-state index in [1.165, 1.54) is 0 Å². The van der Waals surface area contributed by atoms with Gasteiger partial charge in [-0.2, -0.15) is 11.3 Å². The van der Waals surface area contributed by atoms with Crippen molar-refractivity contribution in [3.05, 3.63) is 22.4 Å². The fraction of sp³-hybridized carbons (Fsp3) is 0.647. The molecule has 6 nitrogen and oxygen atoms in total. The first-order valence-electron chi connectivity index (χ1n) is 8.45. The lowest BCUT2D eigenvalue weighted by Gasteiger charge is -2.21. The van der Waals surface area contributed by atoms with E-state index in [4.69, 9.17) is 0 Å². The Hall–Kier alpha value is -0.870. The molecule has 1 heterocycles. The Labute approximate surface area is 171 Å². The lowest BCUT2D eigenvalue weighted by molar-refractivity contribution is -0.121. The number of carbonyl (C=O) groups is 1. The van der Waals surface area contributed by atoms with Crippen molar-refractivity contribution in [3.63, 3.8) is 0 Å². The van der Waals surface area contributed by atoms with Gasteiger partial charge in [-0.15, -0.1) is 24.0 Å². The second-order valence-corrected chi connectivity index (χ2v) is 6.81. The molecule has 25 heavy (non-hydrogen) atoms. The highest BCUT2D eigenvalue weighted by Crippen LogP contribution is 2.23. The number of hydrogen-bond donors (Lipinski definition) is 4. The first kappa shape index (κ1) is 24.1. The van der Waals surface area contributed by atoms with E-state index in [-0.39, 0.29) is 42.5 Å². The van der Waals surface area contributed by atoms with Gasteiger partial charge in [0, 0.05) is 25.6 Å². The van der Waals surface area contributed by atoms with Crippen LogP contribution in [0, 0.1) is 0 Å². The SMILES string of the molecule is CCNC(=NCC(C)(O)c1ccsc1)NCCC(=O)NC(C)CC.I. The van der Waals surface area contributed by atoms with Gasteiger partial charge in [-0.25, -0.2) is 4.99 Å². The van der Waals surface area contributed by atoms with Crippen molar-refractivity contribution in [1.29, 1.82) is 0 Å². The molecule has 0 aliphatic heterocycles. The molecule has 0 saturated heterocycles. The zero-order valence-corrected chi connectivity index (χ0v) is 18.6. The summed E-state index contributed by atoms with van der Waals surface area (Å²) in [6, 6.07) is 2.10. The number of carbonyl (C=O) groups excluding carboxylic acids is 1. The van der Waals surface area contributed by atoms with Crippen molar-refractivity contribution in [2.24, 2.45) is 4.99 Å². The summed E-state index contributed by atoms with van der Waals surface area (Å²) in [7, 11) is 0. The fourth-order valence-electron chi connectivity index (χ4n) is 1.98. The molecule has 0 aromatic carbocycles. The summed E-state index contributed by atoms with van der Waals surface area (Å²) >= 11 is 1.55. The van der Waals surface area contributed by atoms with E-state index in [9.17, 15) is 9.90 Å². The third-order valence-corrected chi connectivity index (χ3v) is 4.38. The average Bonchev–Trinajstić information content (AvgIpc) is 3.07. The van der Waals surface area contributed by atoms with Crippen molar-refractivity contribution < 1.29 is 9.90 Å². The number of nitrogens with zero attached hydrogens (tertiary/aromatic N) is 1. The molecule has 0 aliphatic rings. The van der Waals surface area contributed by atoms with Gasteiger partial charge in [-0.1, -0.05) is 6.92 Å². The zero-order valence-electron chi connectivity index (χ0n) is 15.5. The third kappa shape index (κ3) is 9.41. The van der Waals surface area contributed by atoms with E-state index >= 15 is 0 Å². The van der Waals surface area contributed by atoms with E-state index in [0.29, 0.717) is 25.5 Å². The van der Waals surface area contributed by atoms with E-state index in [2.05, 4.69) is 20.9 Å². The minimum absolute atomic E-state index is 0. The molecule has 144 valence electrons. The molecule has 0 aliphatic carbocycles. The zero-order chi connectivity index (χ0) is 18.0. The lowest BCUT2D eigenvalue weighted by atomic mass is 10.00. The topological polar surface area (TPSA) is 85.8 Å². The van der Waals surface area contributed by atoms with Crippen LogP contribution >= 0.6 is 35.3 Å². The summed E-state index contributed by atoms with van der Waals surface area (Å²) in [5.74, 6) is 0.627. The second-order valence-electron chi connectivity index (χ2n) is 6.03. The smallest absolute Gasteiger partial charge is 0.221 e. The van der Waals surface area contributed by atoms with Crippen LogP contribution in [0.4, 0.5) is 0 Å². The van der Waals surface area contributed by atoms with Crippen LogP contribution in [0.3, 0.4) is 0 Å². The Morgan fingerprint density at radius 2 is 2.12 bits per heavy atom. The fourth-order valence-corrected chi connectivity index (χ4v) is 2.76. The largest absolute Gasteiger partial charge is 0.383 e. The summed E-state index contributed by atoms with van der Waals surface area (Å²) in [4.78, 5) is 16.2. The van der Waals surface area contributed by atoms with Crippen molar-refractivity contribution >= 4 is 47.2 Å². The van der Waals surface area contributed by atoms with Gasteiger partial charge in [-0.3, -0.25) is 4.79 Å². The maximum absolute atomic E-state index is 11.8. The summed E-state index contributed by atoms with van der Waals surface area (Å²) < 4.78 is 0. The van der Waals surface area contributed by atoms with Crippen molar-refractivity contribution in [2.75, 3.05) is 19.6 Å². The molecule has 0 fully saturated rings. The predicted octanol–water partition coefficient (Wildman–Crippen LogP) is 2.43. The van der Waals surface area contributed by atoms with Crippen molar-refractivity contribution in [2.45, 2.75) is 52.2 Å². The number of rotatable bonds is 9. The van der Waals surface area contributed by atoms with Crippen molar-refractivity contribution in [1.82, 2.24) is 16.0 Å². The molecule has 1 aromatic rings. The van der Waals surface area contributed by atoms with Gasteiger partial charge < -0.3 is 21.1 Å². The van der Waals surface area contributed by atoms with Crippen LogP contribution < -0.4 is 16.0 Å². The first-order chi connectivity index (χ1) is 11.4. The standard InChI is InChI=1S/C17H30N4O2S.HI/c1-5-13(3)21-15(22)7-9-19-16(18-6-2)20-12-17(4,23)14-8-10-24-11-14;/h8,10-11,13,23H,5-7,9,12H2,1-4H3,(H,21,22)(H2,18,19,20);1H. The predicted molar refractivity (Wildman–Crippen MR) is 116 cm³/mol. The van der Waals surface area contributed by atoms with Crippen LogP contribution in [0.25, 0.3) is 0 Å². The van der Waals surface area contributed by atoms with Crippen LogP contribution in [0.5, 0.6) is 0 Å². The molecular formula is C17H31IN4O2S. The normalized spacial score (nSPS) is 14.8. The molecule has 0 saturated carbocycles. The average molecular weight is 482 g/mol. The quantitative estimate of drug-likeness (QED) is 0.248. The van der Waals surface area contributed by atoms with Crippen molar-refractivity contribution in [3.8, 4) is 0 Å². The lowest BCUT2D eigenvalue weighted by Crippen LogP contribution is -2.41. The highest BCUT2D eigenvalue weighted by atomic mass is 127. The van der Waals surface area contributed by atoms with Gasteiger partial charge in [-0.05, 0) is 49.6 Å². The Morgan fingerprint density at radius 3 is 2.68 bits per heavy atom. The molecule has 2 unspecified atom stereocenters. The maximum atomic E-state index is 11.8. The molecule has 1 amide bonds. The summed E-state index contributed by atoms with van der Waals surface area (Å²) in [5.41, 5.74) is -0.143. The number of guanidine groups is 1. The van der Waals surface area contributed by atoms with E-state index in [1.807, 2.05) is 37.6 Å². The molecule has 0 spiro atoms. The highest BCUT2D eigenvalue weighted by Gasteiger charge is 2.23. The number of nitrogens with one attached hydrogen (secondary N) is 3. The van der Waals surface area contributed by atoms with E-state index in [0.717, 1.165) is 12.0 Å². The molecule has 1 rings (SSSR count). The van der Waals surface area contributed by atoms with Crippen LogP contribution in [0.15, 0.2) is 21.8 Å². The van der Waals surface area contributed by atoms with Gasteiger partial charge in [0.15, 0.2) is 5.96 Å². The second kappa shape index (κ2) is 12.5. The number of hydrogen-bond acceptors (Lipinski definition) is 4. The Morgan fingerprint density at radius 1 is 1.40 bits per heavy atom. The molecule has 4 N–H and O–H groups in total. The number of amides is 1. The monoisotopic (exact) mass is 482 g/mol. The Kier molecular flexibility index (Phi) is 12.0. The highest BCUT2D eigenvalue weighted by molar-refractivity contribution is 14.0. The number of thiophene rings is 1. The van der Waals surface area contributed by atoms with E-state index < -0.39 is 5.60 Å². The molecule has 0 bridgehead atoms. The van der Waals surface area contributed by atoms with Gasteiger partial charge in [0.05, 0.1) is 6.54 Å². The van der Waals surface area contributed by atoms with Crippen LogP contribution in [0.2, 0.25) is 0 Å². The number of aliphatic hydroxyl groups is 1. The molecule has 1 aromatic heterocycles. The Bertz CT molecular complexity index is 521. The van der Waals surface area contributed by atoms with Crippen LogP contribution in [-0.2, 0) is 10.4 Å². The molecule has 8 heteroatoms. The minimum atomic E-state index is -1.00. The van der Waals surface area contributed by atoms with E-state index in [1.54, 1.807) is 18.3 Å². The van der Waals surface area contributed by atoms with Crippen LogP contribution in [0.1, 0.15) is 46.1 Å². The Balaban J connectivity index is 0.00000576. The van der Waals surface area contributed by atoms with Crippen LogP contribution in [-0.4, -0.2) is 42.6 Å². The van der Waals surface area contributed by atoms with Gasteiger partial charge >= 0.3 is 0 Å². The summed E-state index contributed by atoms with van der Waals surface area (Å²) in [6.45, 7) is 9.21. The van der Waals surface area contributed by atoms with Gasteiger partial charge in [0.2, 0.25) is 5.91 Å². The first-order valence-corrected chi connectivity index (χ1v) is 9.40. The number of aliphatic imine (C=N–C) groups is 1. The maximum Gasteiger partial charge on any atom is 0.221 e. The minimum Gasteiger partial charge on any atom is -0.383 e.